The third-order valence-corrected chi connectivity index (χ3v) is 2.94. The molecule has 0 unspecified atom stereocenters. The van der Waals surface area contributed by atoms with Crippen LogP contribution in [0.4, 0.5) is 0 Å². The first kappa shape index (κ1) is 16.5. The first-order chi connectivity index (χ1) is 9.19. The Morgan fingerprint density at radius 1 is 1.40 bits per heavy atom. The zero-order valence-electron chi connectivity index (χ0n) is 13.0. The molecule has 0 aliphatic carbocycles. The Hall–Kier alpha value is -1.55. The zero-order valence-corrected chi connectivity index (χ0v) is 13.0. The highest BCUT2D eigenvalue weighted by Gasteiger charge is 2.19. The van der Waals surface area contributed by atoms with Crippen molar-refractivity contribution in [2.24, 2.45) is 0 Å². The van der Waals surface area contributed by atoms with Crippen molar-refractivity contribution in [1.29, 1.82) is 0 Å². The van der Waals surface area contributed by atoms with Gasteiger partial charge in [0.05, 0.1) is 5.60 Å². The number of hydrogen-bond donors (Lipinski definition) is 1. The number of amides is 1. The molecule has 0 atom stereocenters. The van der Waals surface area contributed by atoms with E-state index in [0.717, 1.165) is 0 Å². The van der Waals surface area contributed by atoms with E-state index in [1.165, 1.54) is 10.5 Å². The van der Waals surface area contributed by atoms with Crippen LogP contribution in [0.15, 0.2) is 24.3 Å². The lowest BCUT2D eigenvalue weighted by Gasteiger charge is -2.25. The molecule has 0 heterocycles. The van der Waals surface area contributed by atoms with Crippen LogP contribution >= 0.6 is 0 Å². The van der Waals surface area contributed by atoms with Crippen molar-refractivity contribution in [3.8, 4) is 5.75 Å². The van der Waals surface area contributed by atoms with Gasteiger partial charge in [0.15, 0.2) is 6.61 Å². The fourth-order valence-electron chi connectivity index (χ4n) is 1.89. The molecule has 112 valence electrons. The predicted octanol–water partition coefficient (Wildman–Crippen LogP) is 2.42. The average molecular weight is 279 g/mol. The second kappa shape index (κ2) is 6.75. The van der Waals surface area contributed by atoms with Crippen molar-refractivity contribution < 1.29 is 14.6 Å². The Morgan fingerprint density at radius 2 is 2.05 bits per heavy atom. The molecule has 4 heteroatoms. The van der Waals surface area contributed by atoms with Crippen LogP contribution in [0.3, 0.4) is 0 Å². The van der Waals surface area contributed by atoms with Gasteiger partial charge in [-0.15, -0.1) is 0 Å². The number of hydrogen-bond acceptors (Lipinski definition) is 3. The van der Waals surface area contributed by atoms with Gasteiger partial charge in [0.25, 0.3) is 5.91 Å². The summed E-state index contributed by atoms with van der Waals surface area (Å²) in [7, 11) is 1.66. The lowest BCUT2D eigenvalue weighted by Crippen LogP contribution is -2.41. The maximum Gasteiger partial charge on any atom is 0.260 e. The lowest BCUT2D eigenvalue weighted by atomic mass is 10.0. The van der Waals surface area contributed by atoms with E-state index in [2.05, 4.69) is 13.8 Å². The summed E-state index contributed by atoms with van der Waals surface area (Å²) in [6, 6.07) is 7.76. The van der Waals surface area contributed by atoms with Crippen molar-refractivity contribution in [2.45, 2.75) is 39.2 Å². The minimum absolute atomic E-state index is 0.0197. The Bertz CT molecular complexity index is 449. The maximum atomic E-state index is 11.9. The molecule has 0 fully saturated rings. The second-order valence-corrected chi connectivity index (χ2v) is 6.08. The van der Waals surface area contributed by atoms with Gasteiger partial charge in [0, 0.05) is 13.6 Å². The van der Waals surface area contributed by atoms with Crippen molar-refractivity contribution in [3.63, 3.8) is 0 Å². The summed E-state index contributed by atoms with van der Waals surface area (Å²) in [5, 5.41) is 9.68. The van der Waals surface area contributed by atoms with E-state index in [1.807, 2.05) is 24.3 Å². The summed E-state index contributed by atoms with van der Waals surface area (Å²) < 4.78 is 5.52. The molecule has 1 N–H and O–H groups in total. The molecule has 0 radical (unpaired) electrons. The molecule has 0 spiro atoms. The normalized spacial score (nSPS) is 11.6. The Kier molecular flexibility index (Phi) is 5.57. The van der Waals surface area contributed by atoms with Crippen molar-refractivity contribution >= 4 is 5.91 Å². The first-order valence-corrected chi connectivity index (χ1v) is 6.88. The zero-order chi connectivity index (χ0) is 15.3. The molecular weight excluding hydrogens is 254 g/mol. The van der Waals surface area contributed by atoms with E-state index < -0.39 is 5.60 Å². The number of likely N-dealkylation sites (N-methyl/N-ethyl adjacent to an activating group) is 1. The molecular formula is C16H25NO3. The summed E-state index contributed by atoms with van der Waals surface area (Å²) in [5.41, 5.74) is 0.280. The summed E-state index contributed by atoms with van der Waals surface area (Å²) >= 11 is 0. The standard InChI is InChI=1S/C16H25NO3/c1-12(2)13-7-6-8-14(9-13)20-10-15(18)17(5)11-16(3,4)19/h6-9,12,19H,10-11H2,1-5H3. The Labute approximate surface area is 121 Å². The van der Waals surface area contributed by atoms with Crippen molar-refractivity contribution in [3.05, 3.63) is 29.8 Å². The van der Waals surface area contributed by atoms with Gasteiger partial charge in [0.1, 0.15) is 5.75 Å². The van der Waals surface area contributed by atoms with E-state index >= 15 is 0 Å². The highest BCUT2D eigenvalue weighted by atomic mass is 16.5. The molecule has 0 bridgehead atoms. The van der Waals surface area contributed by atoms with Gasteiger partial charge in [0.2, 0.25) is 0 Å². The fourth-order valence-corrected chi connectivity index (χ4v) is 1.89. The van der Waals surface area contributed by atoms with Crippen LogP contribution < -0.4 is 4.74 Å². The molecule has 1 aromatic rings. The monoisotopic (exact) mass is 279 g/mol. The molecule has 20 heavy (non-hydrogen) atoms. The van der Waals surface area contributed by atoms with Crippen molar-refractivity contribution in [2.75, 3.05) is 20.2 Å². The average Bonchev–Trinajstić information content (AvgIpc) is 2.34. The number of ether oxygens (including phenoxy) is 1. The topological polar surface area (TPSA) is 49.8 Å². The van der Waals surface area contributed by atoms with E-state index in [-0.39, 0.29) is 19.1 Å². The van der Waals surface area contributed by atoms with Crippen LogP contribution in [0.25, 0.3) is 0 Å². The van der Waals surface area contributed by atoms with Gasteiger partial charge in [-0.2, -0.15) is 0 Å². The van der Waals surface area contributed by atoms with Crippen LogP contribution in [0.5, 0.6) is 5.75 Å². The van der Waals surface area contributed by atoms with E-state index in [1.54, 1.807) is 20.9 Å². The molecule has 4 nitrogen and oxygen atoms in total. The molecule has 0 saturated heterocycles. The second-order valence-electron chi connectivity index (χ2n) is 6.08. The number of aliphatic hydroxyl groups is 1. The molecule has 1 aromatic carbocycles. The Balaban J connectivity index is 2.54. The number of carbonyl (C=O) groups is 1. The minimum atomic E-state index is -0.901. The molecule has 1 rings (SSSR count). The lowest BCUT2D eigenvalue weighted by molar-refractivity contribution is -0.134. The molecule has 1 amide bonds. The van der Waals surface area contributed by atoms with Gasteiger partial charge in [-0.1, -0.05) is 26.0 Å². The van der Waals surface area contributed by atoms with Crippen LogP contribution in [0, 0.1) is 0 Å². The predicted molar refractivity (Wildman–Crippen MR) is 80.0 cm³/mol. The number of nitrogens with zero attached hydrogens (tertiary/aromatic N) is 1. The number of benzene rings is 1. The van der Waals surface area contributed by atoms with E-state index in [4.69, 9.17) is 4.74 Å². The summed E-state index contributed by atoms with van der Waals surface area (Å²) in [5.74, 6) is 0.968. The maximum absolute atomic E-state index is 11.9. The highest BCUT2D eigenvalue weighted by molar-refractivity contribution is 5.77. The third-order valence-electron chi connectivity index (χ3n) is 2.94. The van der Waals surface area contributed by atoms with Crippen LogP contribution in [0.1, 0.15) is 39.2 Å². The summed E-state index contributed by atoms with van der Waals surface area (Å²) in [6.07, 6.45) is 0. The van der Waals surface area contributed by atoms with Gasteiger partial charge in [-0.05, 0) is 37.5 Å². The van der Waals surface area contributed by atoms with Crippen molar-refractivity contribution in [1.82, 2.24) is 4.90 Å². The largest absolute Gasteiger partial charge is 0.484 e. The molecule has 0 aliphatic rings. The van der Waals surface area contributed by atoms with E-state index in [9.17, 15) is 9.90 Å². The minimum Gasteiger partial charge on any atom is -0.484 e. The molecule has 0 saturated carbocycles. The van der Waals surface area contributed by atoms with Gasteiger partial charge in [-0.25, -0.2) is 0 Å². The quantitative estimate of drug-likeness (QED) is 0.870. The summed E-state index contributed by atoms with van der Waals surface area (Å²) in [4.78, 5) is 13.4. The van der Waals surface area contributed by atoms with Gasteiger partial charge >= 0.3 is 0 Å². The number of rotatable bonds is 6. The smallest absolute Gasteiger partial charge is 0.260 e. The van der Waals surface area contributed by atoms with Gasteiger partial charge < -0.3 is 14.7 Å². The molecule has 0 aliphatic heterocycles. The van der Waals surface area contributed by atoms with Crippen LogP contribution in [-0.4, -0.2) is 41.7 Å². The van der Waals surface area contributed by atoms with Crippen LogP contribution in [0.2, 0.25) is 0 Å². The summed E-state index contributed by atoms with van der Waals surface area (Å²) in [6.45, 7) is 7.82. The fraction of sp³-hybridized carbons (Fsp3) is 0.562. The third kappa shape index (κ3) is 5.61. The Morgan fingerprint density at radius 3 is 2.60 bits per heavy atom. The van der Waals surface area contributed by atoms with Crippen LogP contribution in [-0.2, 0) is 4.79 Å². The number of carbonyl (C=O) groups excluding carboxylic acids is 1. The van der Waals surface area contributed by atoms with E-state index in [0.29, 0.717) is 11.7 Å². The highest BCUT2D eigenvalue weighted by Crippen LogP contribution is 2.20. The molecule has 0 aromatic heterocycles. The van der Waals surface area contributed by atoms with Gasteiger partial charge in [-0.3, -0.25) is 4.79 Å². The first-order valence-electron chi connectivity index (χ1n) is 6.88. The SMILES string of the molecule is CC(C)c1cccc(OCC(=O)N(C)CC(C)(C)O)c1.